The van der Waals surface area contributed by atoms with Crippen molar-refractivity contribution >= 4 is 11.7 Å². The number of carbonyl (C=O) groups is 1. The smallest absolute Gasteiger partial charge is 0.319 e. The lowest BCUT2D eigenvalue weighted by molar-refractivity contribution is 0.0418. The van der Waals surface area contributed by atoms with Crippen molar-refractivity contribution in [3.63, 3.8) is 0 Å². The molecule has 1 aliphatic rings. The Balaban J connectivity index is 1.75. The second-order valence-corrected chi connectivity index (χ2v) is 5.87. The lowest BCUT2D eigenvalue weighted by Crippen LogP contribution is -2.50. The van der Waals surface area contributed by atoms with Gasteiger partial charge in [-0.2, -0.15) is 0 Å². The Morgan fingerprint density at radius 2 is 1.92 bits per heavy atom. The summed E-state index contributed by atoms with van der Waals surface area (Å²) in [5.74, 6) is 0.165. The second kappa shape index (κ2) is 7.48. The Bertz CT molecular complexity index is 713. The van der Waals surface area contributed by atoms with Crippen molar-refractivity contribution in [1.29, 1.82) is 0 Å². The Kier molecular flexibility index (Phi) is 5.14. The number of carbonyl (C=O) groups excluding carboxylic acids is 1. The molecular weight excluding hydrogens is 325 g/mol. The predicted octanol–water partition coefficient (Wildman–Crippen LogP) is 3.06. The van der Waals surface area contributed by atoms with Crippen LogP contribution in [0.25, 0.3) is 0 Å². The van der Waals surface area contributed by atoms with E-state index in [1.807, 2.05) is 0 Å². The van der Waals surface area contributed by atoms with Crippen LogP contribution in [0.3, 0.4) is 0 Å². The molecule has 0 bridgehead atoms. The summed E-state index contributed by atoms with van der Waals surface area (Å²) < 4.78 is 23.7. The molecule has 25 heavy (non-hydrogen) atoms. The van der Waals surface area contributed by atoms with Gasteiger partial charge >= 0.3 is 6.03 Å². The summed E-state index contributed by atoms with van der Waals surface area (Å²) in [6, 6.07) is 9.24. The number of aromatic nitrogens is 1. The average molecular weight is 345 g/mol. The number of nitrogens with one attached hydrogen (secondary N) is 2. The van der Waals surface area contributed by atoms with Crippen LogP contribution in [0.4, 0.5) is 14.9 Å². The number of hydrogen-bond donors (Lipinski definition) is 2. The molecule has 0 radical (unpaired) electrons. The zero-order chi connectivity index (χ0) is 17.7. The van der Waals surface area contributed by atoms with E-state index in [0.29, 0.717) is 37.6 Å². The molecule has 0 atom stereocenters. The summed E-state index contributed by atoms with van der Waals surface area (Å²) in [6.07, 6.45) is 2.76. The topological polar surface area (TPSA) is 72.5 Å². The molecule has 1 aromatic carbocycles. The number of urea groups is 1. The lowest BCUT2D eigenvalue weighted by atomic mass is 9.83. The van der Waals surface area contributed by atoms with Crippen molar-refractivity contribution in [3.05, 3.63) is 54.0 Å². The molecule has 2 heterocycles. The Labute approximate surface area is 145 Å². The van der Waals surface area contributed by atoms with Crippen LogP contribution in [-0.4, -0.2) is 31.3 Å². The first kappa shape index (κ1) is 17.2. The highest BCUT2D eigenvalue weighted by Crippen LogP contribution is 2.32. The summed E-state index contributed by atoms with van der Waals surface area (Å²) in [6.45, 7) is 1.06. The van der Waals surface area contributed by atoms with Crippen molar-refractivity contribution in [2.24, 2.45) is 0 Å². The minimum Gasteiger partial charge on any atom is -0.481 e. The number of pyridine rings is 1. The maximum Gasteiger partial charge on any atom is 0.319 e. The summed E-state index contributed by atoms with van der Waals surface area (Å²) in [5, 5.41) is 5.80. The number of rotatable bonds is 4. The third-order valence-corrected chi connectivity index (χ3v) is 4.30. The number of ether oxygens (including phenoxy) is 2. The lowest BCUT2D eigenvalue weighted by Gasteiger charge is -2.38. The van der Waals surface area contributed by atoms with Crippen LogP contribution >= 0.6 is 0 Å². The van der Waals surface area contributed by atoms with Gasteiger partial charge in [0, 0.05) is 19.3 Å². The fourth-order valence-corrected chi connectivity index (χ4v) is 2.93. The highest BCUT2D eigenvalue weighted by molar-refractivity contribution is 5.89. The predicted molar refractivity (Wildman–Crippen MR) is 91.1 cm³/mol. The maximum atomic E-state index is 13.2. The van der Waals surface area contributed by atoms with E-state index >= 15 is 0 Å². The van der Waals surface area contributed by atoms with Gasteiger partial charge in [-0.15, -0.1) is 0 Å². The van der Waals surface area contributed by atoms with E-state index in [9.17, 15) is 9.18 Å². The molecule has 1 aliphatic heterocycles. The van der Waals surface area contributed by atoms with Gasteiger partial charge < -0.3 is 20.1 Å². The van der Waals surface area contributed by atoms with Gasteiger partial charge in [0.05, 0.1) is 24.5 Å². The third kappa shape index (κ3) is 4.06. The molecule has 0 unspecified atom stereocenters. The second-order valence-electron chi connectivity index (χ2n) is 5.87. The van der Waals surface area contributed by atoms with E-state index in [-0.39, 0.29) is 11.8 Å². The molecule has 1 fully saturated rings. The van der Waals surface area contributed by atoms with E-state index in [1.54, 1.807) is 24.3 Å². The minimum absolute atomic E-state index is 0.306. The minimum atomic E-state index is -0.587. The SMILES string of the molecule is COc1ccc(NC(=O)NC2(c3ccc(F)cc3)CCOCC2)cn1. The summed E-state index contributed by atoms with van der Waals surface area (Å²) >= 11 is 0. The van der Waals surface area contributed by atoms with Gasteiger partial charge in [-0.1, -0.05) is 12.1 Å². The molecule has 0 aliphatic carbocycles. The number of hydrogen-bond acceptors (Lipinski definition) is 4. The van der Waals surface area contributed by atoms with Crippen molar-refractivity contribution in [2.75, 3.05) is 25.6 Å². The molecule has 2 N–H and O–H groups in total. The molecule has 3 rings (SSSR count). The molecule has 1 saturated heterocycles. The Morgan fingerprint density at radius 3 is 2.52 bits per heavy atom. The zero-order valence-electron chi connectivity index (χ0n) is 13.9. The monoisotopic (exact) mass is 345 g/mol. The summed E-state index contributed by atoms with van der Waals surface area (Å²) in [4.78, 5) is 16.5. The van der Waals surface area contributed by atoms with Crippen LogP contribution in [0.5, 0.6) is 5.88 Å². The van der Waals surface area contributed by atoms with Gasteiger partial charge in [0.15, 0.2) is 0 Å². The van der Waals surface area contributed by atoms with E-state index in [4.69, 9.17) is 9.47 Å². The Hall–Kier alpha value is -2.67. The first-order valence-corrected chi connectivity index (χ1v) is 8.04. The maximum absolute atomic E-state index is 13.2. The number of amides is 2. The fraction of sp³-hybridized carbons (Fsp3) is 0.333. The zero-order valence-corrected chi connectivity index (χ0v) is 13.9. The highest BCUT2D eigenvalue weighted by Gasteiger charge is 2.36. The molecule has 6 nitrogen and oxygen atoms in total. The van der Waals surface area contributed by atoms with Crippen LogP contribution in [0.2, 0.25) is 0 Å². The normalized spacial score (nSPS) is 16.1. The van der Waals surface area contributed by atoms with Gasteiger partial charge in [0.2, 0.25) is 5.88 Å². The van der Waals surface area contributed by atoms with E-state index < -0.39 is 5.54 Å². The van der Waals surface area contributed by atoms with E-state index in [0.717, 1.165) is 5.56 Å². The third-order valence-electron chi connectivity index (χ3n) is 4.30. The van der Waals surface area contributed by atoms with Crippen molar-refractivity contribution in [3.8, 4) is 5.88 Å². The molecular formula is C18H20FN3O3. The van der Waals surface area contributed by atoms with Crippen LogP contribution < -0.4 is 15.4 Å². The first-order chi connectivity index (χ1) is 12.1. The molecule has 132 valence electrons. The number of nitrogens with zero attached hydrogens (tertiary/aromatic N) is 1. The number of anilines is 1. The molecule has 0 saturated carbocycles. The van der Waals surface area contributed by atoms with Gasteiger partial charge in [0.1, 0.15) is 5.82 Å². The quantitative estimate of drug-likeness (QED) is 0.893. The van der Waals surface area contributed by atoms with Crippen LogP contribution in [-0.2, 0) is 10.3 Å². The number of benzene rings is 1. The van der Waals surface area contributed by atoms with Crippen LogP contribution in [0, 0.1) is 5.82 Å². The van der Waals surface area contributed by atoms with E-state index in [2.05, 4.69) is 15.6 Å². The first-order valence-electron chi connectivity index (χ1n) is 8.04. The van der Waals surface area contributed by atoms with Gasteiger partial charge in [0.25, 0.3) is 0 Å². The van der Waals surface area contributed by atoms with Gasteiger partial charge in [-0.05, 0) is 36.6 Å². The largest absolute Gasteiger partial charge is 0.481 e. The Morgan fingerprint density at radius 1 is 1.20 bits per heavy atom. The molecule has 1 aromatic heterocycles. The standard InChI is InChI=1S/C18H20FN3O3/c1-24-16-7-6-15(12-20-16)21-17(23)22-18(8-10-25-11-9-18)13-2-4-14(19)5-3-13/h2-7,12H,8-11H2,1H3,(H2,21,22,23). The van der Waals surface area contributed by atoms with E-state index in [1.165, 1.54) is 25.4 Å². The highest BCUT2D eigenvalue weighted by atomic mass is 19.1. The van der Waals surface area contributed by atoms with Crippen LogP contribution in [0.15, 0.2) is 42.6 Å². The van der Waals surface area contributed by atoms with Gasteiger partial charge in [-0.25, -0.2) is 14.2 Å². The average Bonchev–Trinajstić information content (AvgIpc) is 2.63. The molecule has 2 amide bonds. The van der Waals surface area contributed by atoms with Crippen LogP contribution in [0.1, 0.15) is 18.4 Å². The molecule has 0 spiro atoms. The fourth-order valence-electron chi connectivity index (χ4n) is 2.93. The van der Waals surface area contributed by atoms with Gasteiger partial charge in [-0.3, -0.25) is 0 Å². The summed E-state index contributed by atoms with van der Waals surface area (Å²) in [5.41, 5.74) is 0.829. The molecule has 2 aromatic rings. The number of methoxy groups -OCH3 is 1. The molecule has 7 heteroatoms. The number of halogens is 1. The van der Waals surface area contributed by atoms with Crippen molar-refractivity contribution < 1.29 is 18.7 Å². The van der Waals surface area contributed by atoms with Crippen molar-refractivity contribution in [1.82, 2.24) is 10.3 Å². The van der Waals surface area contributed by atoms with Crippen molar-refractivity contribution in [2.45, 2.75) is 18.4 Å². The summed E-state index contributed by atoms with van der Waals surface area (Å²) in [7, 11) is 1.53.